The van der Waals surface area contributed by atoms with E-state index < -0.39 is 6.10 Å². The lowest BCUT2D eigenvalue weighted by molar-refractivity contribution is 0.0916. The van der Waals surface area contributed by atoms with Crippen LogP contribution in [0.2, 0.25) is 5.02 Å². The molecule has 0 saturated heterocycles. The predicted molar refractivity (Wildman–Crippen MR) is 79.9 cm³/mol. The average Bonchev–Trinajstić information content (AvgIpc) is 2.48. The van der Waals surface area contributed by atoms with Crippen molar-refractivity contribution in [3.8, 4) is 0 Å². The maximum absolute atomic E-state index is 12.0. The van der Waals surface area contributed by atoms with Gasteiger partial charge in [-0.3, -0.25) is 4.79 Å². The molecule has 0 aliphatic rings. The number of nitrogens with one attached hydrogen (secondary N) is 1. The van der Waals surface area contributed by atoms with Crippen LogP contribution < -0.4 is 5.32 Å². The third-order valence-corrected chi connectivity index (χ3v) is 3.48. The van der Waals surface area contributed by atoms with Crippen LogP contribution in [0.5, 0.6) is 0 Å². The van der Waals surface area contributed by atoms with E-state index >= 15 is 0 Å². The third kappa shape index (κ3) is 3.59. The Morgan fingerprint density at radius 2 is 1.95 bits per heavy atom. The van der Waals surface area contributed by atoms with Crippen molar-refractivity contribution in [2.75, 3.05) is 6.54 Å². The molecule has 0 heterocycles. The second-order valence-electron chi connectivity index (χ2n) is 4.60. The molecule has 2 aromatic carbocycles. The first-order valence-electron chi connectivity index (χ1n) is 6.35. The largest absolute Gasteiger partial charge is 0.387 e. The van der Waals surface area contributed by atoms with E-state index in [0.717, 1.165) is 11.1 Å². The molecule has 0 aliphatic heterocycles. The summed E-state index contributed by atoms with van der Waals surface area (Å²) in [6.45, 7) is 2.02. The minimum absolute atomic E-state index is 0.171. The summed E-state index contributed by atoms with van der Waals surface area (Å²) in [7, 11) is 0. The van der Waals surface area contributed by atoms with Crippen LogP contribution >= 0.6 is 11.6 Å². The summed E-state index contributed by atoms with van der Waals surface area (Å²) in [6.07, 6.45) is -0.714. The summed E-state index contributed by atoms with van der Waals surface area (Å²) < 4.78 is 0. The van der Waals surface area contributed by atoms with Gasteiger partial charge in [0.05, 0.1) is 6.10 Å². The van der Waals surface area contributed by atoms with Crippen LogP contribution in [0.3, 0.4) is 0 Å². The van der Waals surface area contributed by atoms with Gasteiger partial charge in [-0.1, -0.05) is 41.9 Å². The van der Waals surface area contributed by atoms with Crippen molar-refractivity contribution in [2.45, 2.75) is 13.0 Å². The Bertz CT molecular complexity index is 599. The van der Waals surface area contributed by atoms with E-state index in [4.69, 9.17) is 11.6 Å². The van der Waals surface area contributed by atoms with E-state index in [0.29, 0.717) is 10.6 Å². The van der Waals surface area contributed by atoms with Gasteiger partial charge in [0, 0.05) is 17.1 Å². The lowest BCUT2D eigenvalue weighted by Gasteiger charge is -2.12. The summed E-state index contributed by atoms with van der Waals surface area (Å²) in [6, 6.07) is 14.3. The number of aryl methyl sites for hydroxylation is 1. The molecule has 0 aromatic heterocycles. The Labute approximate surface area is 123 Å². The van der Waals surface area contributed by atoms with Gasteiger partial charge in [0.1, 0.15) is 0 Å². The van der Waals surface area contributed by atoms with Gasteiger partial charge in [-0.25, -0.2) is 0 Å². The molecule has 1 atom stereocenters. The number of hydrogen-bond donors (Lipinski definition) is 2. The number of carbonyl (C=O) groups is 1. The smallest absolute Gasteiger partial charge is 0.251 e. The van der Waals surface area contributed by atoms with E-state index in [1.807, 2.05) is 37.3 Å². The van der Waals surface area contributed by atoms with Gasteiger partial charge in [-0.2, -0.15) is 0 Å². The minimum atomic E-state index is -0.714. The highest BCUT2D eigenvalue weighted by molar-refractivity contribution is 6.31. The molecule has 0 fully saturated rings. The fourth-order valence-electron chi connectivity index (χ4n) is 1.87. The Morgan fingerprint density at radius 1 is 1.25 bits per heavy atom. The van der Waals surface area contributed by atoms with Crippen molar-refractivity contribution in [1.29, 1.82) is 0 Å². The second-order valence-corrected chi connectivity index (χ2v) is 5.01. The predicted octanol–water partition coefficient (Wildman–Crippen LogP) is 3.11. The summed E-state index contributed by atoms with van der Waals surface area (Å²) in [5.41, 5.74) is 2.16. The van der Waals surface area contributed by atoms with Crippen LogP contribution in [0.25, 0.3) is 0 Å². The molecular formula is C16H16ClNO2. The lowest BCUT2D eigenvalue weighted by atomic mass is 10.1. The molecule has 2 N–H and O–H groups in total. The average molecular weight is 290 g/mol. The van der Waals surface area contributed by atoms with Crippen molar-refractivity contribution in [3.05, 3.63) is 70.2 Å². The molecule has 2 rings (SSSR count). The van der Waals surface area contributed by atoms with Crippen LogP contribution in [-0.4, -0.2) is 17.6 Å². The summed E-state index contributed by atoms with van der Waals surface area (Å²) in [5, 5.41) is 13.3. The normalized spacial score (nSPS) is 11.9. The number of benzene rings is 2. The van der Waals surface area contributed by atoms with Gasteiger partial charge in [0.2, 0.25) is 0 Å². The number of aliphatic hydroxyl groups is 1. The van der Waals surface area contributed by atoms with Gasteiger partial charge in [0.15, 0.2) is 0 Å². The molecule has 1 amide bonds. The van der Waals surface area contributed by atoms with E-state index in [2.05, 4.69) is 5.32 Å². The van der Waals surface area contributed by atoms with E-state index in [1.54, 1.807) is 18.2 Å². The highest BCUT2D eigenvalue weighted by Crippen LogP contribution is 2.16. The Kier molecular flexibility index (Phi) is 4.77. The van der Waals surface area contributed by atoms with Gasteiger partial charge >= 0.3 is 0 Å². The number of halogens is 1. The zero-order chi connectivity index (χ0) is 14.5. The Balaban J connectivity index is 1.97. The molecular weight excluding hydrogens is 274 g/mol. The second kappa shape index (κ2) is 6.55. The van der Waals surface area contributed by atoms with Crippen LogP contribution in [0.4, 0.5) is 0 Å². The molecule has 0 radical (unpaired) electrons. The molecule has 4 heteroatoms. The molecule has 104 valence electrons. The topological polar surface area (TPSA) is 49.3 Å². The van der Waals surface area contributed by atoms with Gasteiger partial charge in [-0.15, -0.1) is 0 Å². The lowest BCUT2D eigenvalue weighted by Crippen LogP contribution is -2.28. The zero-order valence-corrected chi connectivity index (χ0v) is 11.9. The molecule has 2 aromatic rings. The monoisotopic (exact) mass is 289 g/mol. The molecule has 3 nitrogen and oxygen atoms in total. The highest BCUT2D eigenvalue weighted by atomic mass is 35.5. The van der Waals surface area contributed by atoms with Crippen LogP contribution in [0.1, 0.15) is 27.6 Å². The maximum atomic E-state index is 12.0. The first-order valence-corrected chi connectivity index (χ1v) is 6.73. The maximum Gasteiger partial charge on any atom is 0.251 e. The van der Waals surface area contributed by atoms with Crippen molar-refractivity contribution >= 4 is 17.5 Å². The first kappa shape index (κ1) is 14.6. The molecule has 1 unspecified atom stereocenters. The van der Waals surface area contributed by atoms with Crippen molar-refractivity contribution in [1.82, 2.24) is 5.32 Å². The first-order chi connectivity index (χ1) is 9.58. The van der Waals surface area contributed by atoms with E-state index in [9.17, 15) is 9.90 Å². The van der Waals surface area contributed by atoms with Crippen LogP contribution in [0.15, 0.2) is 48.5 Å². The third-order valence-electron chi connectivity index (χ3n) is 3.06. The molecule has 0 saturated carbocycles. The SMILES string of the molecule is Cc1cc(C(=O)NCC(O)c2ccccc2)ccc1Cl. The fourth-order valence-corrected chi connectivity index (χ4v) is 1.99. The van der Waals surface area contributed by atoms with Crippen LogP contribution in [-0.2, 0) is 0 Å². The molecule has 0 bridgehead atoms. The number of aliphatic hydroxyl groups excluding tert-OH is 1. The summed E-state index contributed by atoms with van der Waals surface area (Å²) in [4.78, 5) is 12.0. The summed E-state index contributed by atoms with van der Waals surface area (Å²) in [5.74, 6) is -0.222. The standard InChI is InChI=1S/C16H16ClNO2/c1-11-9-13(7-8-14(11)17)16(20)18-10-15(19)12-5-3-2-4-6-12/h2-9,15,19H,10H2,1H3,(H,18,20). The Morgan fingerprint density at radius 3 is 2.60 bits per heavy atom. The van der Waals surface area contributed by atoms with Crippen LogP contribution in [0, 0.1) is 6.92 Å². The van der Waals surface area contributed by atoms with E-state index in [1.165, 1.54) is 0 Å². The summed E-state index contributed by atoms with van der Waals surface area (Å²) >= 11 is 5.92. The van der Waals surface area contributed by atoms with Crippen molar-refractivity contribution in [2.24, 2.45) is 0 Å². The highest BCUT2D eigenvalue weighted by Gasteiger charge is 2.11. The number of rotatable bonds is 4. The van der Waals surface area contributed by atoms with E-state index in [-0.39, 0.29) is 12.5 Å². The zero-order valence-electron chi connectivity index (χ0n) is 11.1. The molecule has 20 heavy (non-hydrogen) atoms. The van der Waals surface area contributed by atoms with Crippen molar-refractivity contribution < 1.29 is 9.90 Å². The quantitative estimate of drug-likeness (QED) is 0.908. The number of amides is 1. The fraction of sp³-hybridized carbons (Fsp3) is 0.188. The van der Waals surface area contributed by atoms with Crippen molar-refractivity contribution in [3.63, 3.8) is 0 Å². The van der Waals surface area contributed by atoms with Gasteiger partial charge < -0.3 is 10.4 Å². The molecule has 0 spiro atoms. The van der Waals surface area contributed by atoms with Gasteiger partial charge in [0.25, 0.3) is 5.91 Å². The van der Waals surface area contributed by atoms with Gasteiger partial charge in [-0.05, 0) is 36.2 Å². The molecule has 0 aliphatic carbocycles. The number of carbonyl (C=O) groups excluding carboxylic acids is 1. The number of hydrogen-bond acceptors (Lipinski definition) is 2. The Hall–Kier alpha value is -1.84. The minimum Gasteiger partial charge on any atom is -0.387 e.